The van der Waals surface area contributed by atoms with Crippen LogP contribution in [0.15, 0.2) is 29.1 Å². The van der Waals surface area contributed by atoms with E-state index in [4.69, 9.17) is 0 Å². The number of aromatic amines is 1. The van der Waals surface area contributed by atoms with Gasteiger partial charge in [-0.05, 0) is 35.6 Å². The number of nitrogens with one attached hydrogen (secondary N) is 3. The van der Waals surface area contributed by atoms with Gasteiger partial charge in [0.2, 0.25) is 0 Å². The molecule has 0 radical (unpaired) electrons. The van der Waals surface area contributed by atoms with Crippen LogP contribution in [0.4, 0.5) is 9.18 Å². The number of carbonyl (C=O) groups is 1. The zero-order valence-electron chi connectivity index (χ0n) is 13.0. The molecular formula is C16H20FN3O3. The van der Waals surface area contributed by atoms with Gasteiger partial charge in [-0.2, -0.15) is 0 Å². The Labute approximate surface area is 132 Å². The van der Waals surface area contributed by atoms with Crippen LogP contribution in [-0.4, -0.2) is 28.8 Å². The van der Waals surface area contributed by atoms with Gasteiger partial charge in [-0.3, -0.25) is 4.79 Å². The number of urea groups is 1. The number of halogens is 1. The van der Waals surface area contributed by atoms with Gasteiger partial charge in [-0.15, -0.1) is 0 Å². The number of aliphatic hydroxyl groups excluding tert-OH is 1. The van der Waals surface area contributed by atoms with Crippen LogP contribution in [-0.2, 0) is 6.54 Å². The normalized spacial score (nSPS) is 12.4. The van der Waals surface area contributed by atoms with Gasteiger partial charge in [0.15, 0.2) is 0 Å². The first kappa shape index (κ1) is 17.0. The number of carbonyl (C=O) groups excluding carboxylic acids is 1. The minimum Gasteiger partial charge on any atom is -0.394 e. The highest BCUT2D eigenvalue weighted by Gasteiger charge is 2.15. The molecule has 0 aliphatic rings. The fraction of sp³-hybridized carbons (Fsp3) is 0.375. The first-order valence-corrected chi connectivity index (χ1v) is 7.37. The first-order chi connectivity index (χ1) is 10.9. The third-order valence-electron chi connectivity index (χ3n) is 3.64. The topological polar surface area (TPSA) is 94.2 Å². The predicted molar refractivity (Wildman–Crippen MR) is 85.6 cm³/mol. The zero-order valence-corrected chi connectivity index (χ0v) is 13.0. The average Bonchev–Trinajstić information content (AvgIpc) is 2.50. The number of H-pyrrole nitrogens is 1. The number of benzene rings is 1. The summed E-state index contributed by atoms with van der Waals surface area (Å²) in [4.78, 5) is 26.4. The summed E-state index contributed by atoms with van der Waals surface area (Å²) in [7, 11) is 0. The quantitative estimate of drug-likeness (QED) is 0.672. The molecule has 124 valence electrons. The molecule has 0 unspecified atom stereocenters. The Morgan fingerprint density at radius 2 is 2.09 bits per heavy atom. The fourth-order valence-electron chi connectivity index (χ4n) is 2.17. The van der Waals surface area contributed by atoms with Crippen molar-refractivity contribution >= 4 is 16.9 Å². The summed E-state index contributed by atoms with van der Waals surface area (Å²) in [5.41, 5.74) is 0.388. The van der Waals surface area contributed by atoms with Crippen LogP contribution in [0, 0.1) is 11.7 Å². The standard InChI is InChI=1S/C16H20FN3O3/c1-9(2)14(8-21)20-16(23)18-7-11-5-10-3-4-12(17)6-13(10)19-15(11)22/h3-6,9,14,21H,7-8H2,1-2H3,(H,19,22)(H2,18,20,23)/t14-/m1/s1. The highest BCUT2D eigenvalue weighted by molar-refractivity contribution is 5.79. The second-order valence-electron chi connectivity index (χ2n) is 5.72. The molecular weight excluding hydrogens is 301 g/mol. The molecule has 0 fully saturated rings. The van der Waals surface area contributed by atoms with E-state index < -0.39 is 11.8 Å². The maximum Gasteiger partial charge on any atom is 0.315 e. The van der Waals surface area contributed by atoms with E-state index in [2.05, 4.69) is 15.6 Å². The van der Waals surface area contributed by atoms with Crippen molar-refractivity contribution < 1.29 is 14.3 Å². The number of fused-ring (bicyclic) bond motifs is 1. The smallest absolute Gasteiger partial charge is 0.315 e. The van der Waals surface area contributed by atoms with Crippen molar-refractivity contribution in [3.05, 3.63) is 46.0 Å². The van der Waals surface area contributed by atoms with Gasteiger partial charge in [-0.1, -0.05) is 13.8 Å². The molecule has 0 saturated heterocycles. The molecule has 0 saturated carbocycles. The van der Waals surface area contributed by atoms with Gasteiger partial charge < -0.3 is 20.7 Å². The van der Waals surface area contributed by atoms with Gasteiger partial charge in [-0.25, -0.2) is 9.18 Å². The molecule has 0 bridgehead atoms. The molecule has 6 nitrogen and oxygen atoms in total. The van der Waals surface area contributed by atoms with E-state index >= 15 is 0 Å². The highest BCUT2D eigenvalue weighted by atomic mass is 19.1. The van der Waals surface area contributed by atoms with Crippen molar-refractivity contribution in [3.63, 3.8) is 0 Å². The zero-order chi connectivity index (χ0) is 17.0. The fourth-order valence-corrected chi connectivity index (χ4v) is 2.17. The molecule has 2 rings (SSSR count). The first-order valence-electron chi connectivity index (χ1n) is 7.37. The Balaban J connectivity index is 2.07. The summed E-state index contributed by atoms with van der Waals surface area (Å²) in [5, 5.41) is 15.1. The maximum absolute atomic E-state index is 13.1. The van der Waals surface area contributed by atoms with Crippen LogP contribution >= 0.6 is 0 Å². The lowest BCUT2D eigenvalue weighted by Crippen LogP contribution is -2.46. The molecule has 1 heterocycles. The molecule has 23 heavy (non-hydrogen) atoms. The minimum atomic E-state index is -0.462. The van der Waals surface area contributed by atoms with Gasteiger partial charge in [0.25, 0.3) is 5.56 Å². The molecule has 2 amide bonds. The second kappa shape index (κ2) is 7.23. The Morgan fingerprint density at radius 1 is 1.35 bits per heavy atom. The number of aliphatic hydroxyl groups is 1. The van der Waals surface area contributed by atoms with E-state index in [-0.39, 0.29) is 30.7 Å². The van der Waals surface area contributed by atoms with Crippen molar-refractivity contribution in [2.24, 2.45) is 5.92 Å². The number of pyridine rings is 1. The number of amides is 2. The Bertz CT molecular complexity index is 758. The third kappa shape index (κ3) is 4.29. The Hall–Kier alpha value is -2.41. The van der Waals surface area contributed by atoms with Crippen molar-refractivity contribution in [1.82, 2.24) is 15.6 Å². The van der Waals surface area contributed by atoms with E-state index in [1.54, 1.807) is 12.1 Å². The van der Waals surface area contributed by atoms with Crippen molar-refractivity contribution in [3.8, 4) is 0 Å². The lowest BCUT2D eigenvalue weighted by Gasteiger charge is -2.20. The van der Waals surface area contributed by atoms with Crippen LogP contribution in [0.2, 0.25) is 0 Å². The molecule has 7 heteroatoms. The lowest BCUT2D eigenvalue weighted by molar-refractivity contribution is 0.198. The largest absolute Gasteiger partial charge is 0.394 e. The number of aromatic nitrogens is 1. The van der Waals surface area contributed by atoms with Crippen LogP contribution in [0.3, 0.4) is 0 Å². The van der Waals surface area contributed by atoms with Crippen molar-refractivity contribution in [2.75, 3.05) is 6.61 Å². The van der Waals surface area contributed by atoms with E-state index in [1.807, 2.05) is 13.8 Å². The second-order valence-corrected chi connectivity index (χ2v) is 5.72. The molecule has 4 N–H and O–H groups in total. The molecule has 1 atom stereocenters. The predicted octanol–water partition coefficient (Wildman–Crippen LogP) is 1.48. The Kier molecular flexibility index (Phi) is 5.33. The van der Waals surface area contributed by atoms with Gasteiger partial charge >= 0.3 is 6.03 Å². The average molecular weight is 321 g/mol. The molecule has 1 aromatic carbocycles. The Morgan fingerprint density at radius 3 is 2.74 bits per heavy atom. The van der Waals surface area contributed by atoms with E-state index in [9.17, 15) is 19.1 Å². The van der Waals surface area contributed by atoms with E-state index in [1.165, 1.54) is 12.1 Å². The van der Waals surface area contributed by atoms with Gasteiger partial charge in [0.05, 0.1) is 18.2 Å². The lowest BCUT2D eigenvalue weighted by atomic mass is 10.1. The summed E-state index contributed by atoms with van der Waals surface area (Å²) in [6, 6.07) is 4.91. The number of rotatable bonds is 5. The third-order valence-corrected chi connectivity index (χ3v) is 3.64. The summed E-state index contributed by atoms with van der Waals surface area (Å²) in [6.45, 7) is 3.64. The van der Waals surface area contributed by atoms with Crippen LogP contribution in [0.1, 0.15) is 19.4 Å². The summed E-state index contributed by atoms with van der Waals surface area (Å²) >= 11 is 0. The van der Waals surface area contributed by atoms with Crippen LogP contribution in [0.25, 0.3) is 10.9 Å². The maximum atomic E-state index is 13.1. The van der Waals surface area contributed by atoms with Crippen LogP contribution < -0.4 is 16.2 Å². The van der Waals surface area contributed by atoms with Gasteiger partial charge in [0, 0.05) is 12.1 Å². The monoisotopic (exact) mass is 321 g/mol. The van der Waals surface area contributed by atoms with Crippen molar-refractivity contribution in [1.29, 1.82) is 0 Å². The molecule has 0 aliphatic carbocycles. The summed E-state index contributed by atoms with van der Waals surface area (Å²) in [5.74, 6) is -0.341. The summed E-state index contributed by atoms with van der Waals surface area (Å²) < 4.78 is 13.1. The molecule has 1 aromatic heterocycles. The number of hydrogen-bond acceptors (Lipinski definition) is 3. The highest BCUT2D eigenvalue weighted by Crippen LogP contribution is 2.12. The van der Waals surface area contributed by atoms with E-state index in [0.29, 0.717) is 16.5 Å². The van der Waals surface area contributed by atoms with Crippen LogP contribution in [0.5, 0.6) is 0 Å². The van der Waals surface area contributed by atoms with Crippen molar-refractivity contribution in [2.45, 2.75) is 26.4 Å². The van der Waals surface area contributed by atoms with E-state index in [0.717, 1.165) is 0 Å². The minimum absolute atomic E-state index is 0.0325. The summed E-state index contributed by atoms with van der Waals surface area (Å²) in [6.07, 6.45) is 0. The van der Waals surface area contributed by atoms with Gasteiger partial charge in [0.1, 0.15) is 5.82 Å². The SMILES string of the molecule is CC(C)[C@@H](CO)NC(=O)NCc1cc2ccc(F)cc2[nH]c1=O. The molecule has 2 aromatic rings. The number of hydrogen-bond donors (Lipinski definition) is 4. The molecule has 0 spiro atoms. The molecule has 0 aliphatic heterocycles.